The van der Waals surface area contributed by atoms with E-state index in [1.165, 1.54) is 13.3 Å². The zero-order chi connectivity index (χ0) is 15.9. The molecule has 114 valence electrons. The monoisotopic (exact) mass is 293 g/mol. The molecule has 1 rings (SSSR count). The van der Waals surface area contributed by atoms with Crippen molar-refractivity contribution >= 4 is 17.9 Å². The summed E-state index contributed by atoms with van der Waals surface area (Å²) in [5.74, 6) is -0.186. The maximum Gasteiger partial charge on any atom is 0.412 e. The van der Waals surface area contributed by atoms with Gasteiger partial charge in [-0.1, -0.05) is 6.07 Å². The molecule has 0 aliphatic carbocycles. The molecule has 1 heterocycles. The smallest absolute Gasteiger partial charge is 0.412 e. The number of aromatic nitrogens is 1. The van der Waals surface area contributed by atoms with Crippen LogP contribution in [-0.2, 0) is 14.3 Å². The zero-order valence-electron chi connectivity index (χ0n) is 12.5. The molecule has 0 atom stereocenters. The number of anilines is 1. The van der Waals surface area contributed by atoms with Crippen molar-refractivity contribution in [3.63, 3.8) is 0 Å². The van der Waals surface area contributed by atoms with Crippen LogP contribution in [0.3, 0.4) is 0 Å². The highest BCUT2D eigenvalue weighted by Crippen LogP contribution is 2.08. The molecule has 1 aromatic heterocycles. The molecule has 0 aromatic carbocycles. The van der Waals surface area contributed by atoms with E-state index in [2.05, 4.69) is 20.4 Å². The van der Waals surface area contributed by atoms with Crippen LogP contribution in [0.5, 0.6) is 0 Å². The van der Waals surface area contributed by atoms with Crippen molar-refractivity contribution < 1.29 is 19.1 Å². The molecule has 0 saturated heterocycles. The molecule has 0 fully saturated rings. The number of amides is 1. The van der Waals surface area contributed by atoms with Crippen molar-refractivity contribution in [3.8, 4) is 0 Å². The van der Waals surface area contributed by atoms with Gasteiger partial charge in [0.05, 0.1) is 7.11 Å². The highest BCUT2D eigenvalue weighted by molar-refractivity contribution is 5.92. The van der Waals surface area contributed by atoms with Gasteiger partial charge < -0.3 is 14.8 Å². The number of hydrogen-bond acceptors (Lipinski definition) is 6. The Morgan fingerprint density at radius 3 is 2.52 bits per heavy atom. The summed E-state index contributed by atoms with van der Waals surface area (Å²) in [6, 6.07) is 5.25. The summed E-state index contributed by atoms with van der Waals surface area (Å²) in [5, 5.41) is 5.11. The fourth-order valence-electron chi connectivity index (χ4n) is 1.26. The third-order valence-electron chi connectivity index (χ3n) is 2.07. The summed E-state index contributed by atoms with van der Waals surface area (Å²) in [4.78, 5) is 27.3. The molecular formula is C14H19N3O4. The van der Waals surface area contributed by atoms with E-state index in [0.717, 1.165) is 0 Å². The second kappa shape index (κ2) is 7.28. The minimum Gasteiger partial charge on any atom is -0.464 e. The number of ether oxygens (including phenoxy) is 2. The molecule has 0 aliphatic heterocycles. The number of alkyl carbamates (subject to hydrolysis) is 1. The number of carbonyl (C=O) groups is 2. The second-order valence-electron chi connectivity index (χ2n) is 5.04. The lowest BCUT2D eigenvalue weighted by molar-refractivity contribution is -0.136. The maximum atomic E-state index is 11.7. The van der Waals surface area contributed by atoms with Crippen molar-refractivity contribution in [1.82, 2.24) is 10.3 Å². The molecule has 0 bridgehead atoms. The number of nitrogens with zero attached hydrogens (tertiary/aromatic N) is 1. The summed E-state index contributed by atoms with van der Waals surface area (Å²) in [6.45, 7) is 5.17. The number of rotatable bonds is 4. The number of hydrogen-bond donors (Lipinski definition) is 2. The van der Waals surface area contributed by atoms with E-state index in [4.69, 9.17) is 4.74 Å². The third kappa shape index (κ3) is 6.42. The van der Waals surface area contributed by atoms with Crippen LogP contribution < -0.4 is 10.6 Å². The molecule has 21 heavy (non-hydrogen) atoms. The van der Waals surface area contributed by atoms with Crippen molar-refractivity contribution in [2.24, 2.45) is 0 Å². The Morgan fingerprint density at radius 1 is 1.29 bits per heavy atom. The number of methoxy groups -OCH3 is 1. The van der Waals surface area contributed by atoms with Gasteiger partial charge >= 0.3 is 12.1 Å². The molecule has 7 nitrogen and oxygen atoms in total. The lowest BCUT2D eigenvalue weighted by atomic mass is 10.2. The number of esters is 1. The second-order valence-corrected chi connectivity index (χ2v) is 5.04. The first-order chi connectivity index (χ1) is 9.81. The number of nitrogens with one attached hydrogen (secondary N) is 2. The van der Waals surface area contributed by atoms with Gasteiger partial charge in [-0.15, -0.1) is 0 Å². The minimum atomic E-state index is -0.748. The summed E-state index contributed by atoms with van der Waals surface area (Å²) in [7, 11) is 1.22. The van der Waals surface area contributed by atoms with E-state index in [1.54, 1.807) is 45.2 Å². The predicted octanol–water partition coefficient (Wildman–Crippen LogP) is 2.03. The lowest BCUT2D eigenvalue weighted by Gasteiger charge is -2.20. The van der Waals surface area contributed by atoms with Gasteiger partial charge in [-0.3, -0.25) is 5.32 Å². The van der Waals surface area contributed by atoms with Crippen LogP contribution in [0.25, 0.3) is 0 Å². The average Bonchev–Trinajstić information content (AvgIpc) is 2.41. The van der Waals surface area contributed by atoms with Crippen LogP contribution in [0.4, 0.5) is 10.6 Å². The largest absolute Gasteiger partial charge is 0.464 e. The number of pyridine rings is 1. The first-order valence-electron chi connectivity index (χ1n) is 6.28. The molecule has 0 spiro atoms. The van der Waals surface area contributed by atoms with Gasteiger partial charge in [0.15, 0.2) is 0 Å². The van der Waals surface area contributed by atoms with Crippen molar-refractivity contribution in [2.75, 3.05) is 12.4 Å². The van der Waals surface area contributed by atoms with Crippen LogP contribution in [0.1, 0.15) is 20.8 Å². The zero-order valence-corrected chi connectivity index (χ0v) is 12.5. The van der Waals surface area contributed by atoms with E-state index in [9.17, 15) is 9.59 Å². The van der Waals surface area contributed by atoms with Gasteiger partial charge in [-0.25, -0.2) is 14.6 Å². The molecule has 7 heteroatoms. The summed E-state index contributed by atoms with van der Waals surface area (Å²) >= 11 is 0. The van der Waals surface area contributed by atoms with Gasteiger partial charge in [0.25, 0.3) is 0 Å². The SMILES string of the molecule is COC(=O)/C(=C/Nc1ccccn1)NC(=O)OC(C)(C)C. The predicted molar refractivity (Wildman–Crippen MR) is 77.3 cm³/mol. The molecule has 0 saturated carbocycles. The average molecular weight is 293 g/mol. The highest BCUT2D eigenvalue weighted by Gasteiger charge is 2.19. The Kier molecular flexibility index (Phi) is 5.71. The lowest BCUT2D eigenvalue weighted by Crippen LogP contribution is -2.34. The van der Waals surface area contributed by atoms with E-state index in [1.807, 2.05) is 0 Å². The highest BCUT2D eigenvalue weighted by atomic mass is 16.6. The van der Waals surface area contributed by atoms with Gasteiger partial charge in [0, 0.05) is 12.4 Å². The normalized spacial score (nSPS) is 11.5. The quantitative estimate of drug-likeness (QED) is 0.652. The van der Waals surface area contributed by atoms with Gasteiger partial charge in [-0.2, -0.15) is 0 Å². The van der Waals surface area contributed by atoms with Gasteiger partial charge in [0.2, 0.25) is 0 Å². The van der Waals surface area contributed by atoms with Crippen LogP contribution >= 0.6 is 0 Å². The number of carbonyl (C=O) groups excluding carboxylic acids is 2. The Balaban J connectivity index is 2.76. The first-order valence-corrected chi connectivity index (χ1v) is 6.28. The molecule has 0 aliphatic rings. The van der Waals surface area contributed by atoms with Gasteiger partial charge in [0.1, 0.15) is 17.1 Å². The summed E-state index contributed by atoms with van der Waals surface area (Å²) in [5.41, 5.74) is -0.753. The summed E-state index contributed by atoms with van der Waals surface area (Å²) < 4.78 is 9.67. The topological polar surface area (TPSA) is 89.5 Å². The molecular weight excluding hydrogens is 274 g/mol. The Morgan fingerprint density at radius 2 is 2.00 bits per heavy atom. The van der Waals surface area contributed by atoms with Crippen molar-refractivity contribution in [3.05, 3.63) is 36.3 Å². The first kappa shape index (κ1) is 16.5. The Bertz CT molecular complexity index is 521. The van der Waals surface area contributed by atoms with Crippen molar-refractivity contribution in [2.45, 2.75) is 26.4 Å². The van der Waals surface area contributed by atoms with Crippen molar-refractivity contribution in [1.29, 1.82) is 0 Å². The van der Waals surface area contributed by atoms with Crippen LogP contribution in [0, 0.1) is 0 Å². The van der Waals surface area contributed by atoms with Crippen LogP contribution in [0.2, 0.25) is 0 Å². The Labute approximate surface area is 123 Å². The third-order valence-corrected chi connectivity index (χ3v) is 2.07. The maximum absolute atomic E-state index is 11.7. The fourth-order valence-corrected chi connectivity index (χ4v) is 1.26. The minimum absolute atomic E-state index is 0.0857. The molecule has 0 unspecified atom stereocenters. The standard InChI is InChI=1S/C14H19N3O4/c1-14(2,3)21-13(19)17-10(12(18)20-4)9-16-11-7-5-6-8-15-11/h5-9H,1-4H3,(H,15,16)(H,17,19)/b10-9-. The van der Waals surface area contributed by atoms with E-state index < -0.39 is 17.7 Å². The fraction of sp³-hybridized carbons (Fsp3) is 0.357. The van der Waals surface area contributed by atoms with Crippen LogP contribution in [-0.4, -0.2) is 29.8 Å². The Hall–Kier alpha value is -2.57. The molecule has 0 radical (unpaired) electrons. The van der Waals surface area contributed by atoms with Gasteiger partial charge in [-0.05, 0) is 32.9 Å². The van der Waals surface area contributed by atoms with Crippen LogP contribution in [0.15, 0.2) is 36.3 Å². The molecule has 1 aromatic rings. The summed E-state index contributed by atoms with van der Waals surface area (Å²) in [6.07, 6.45) is 2.13. The van der Waals surface area contributed by atoms with E-state index in [0.29, 0.717) is 5.82 Å². The van der Waals surface area contributed by atoms with E-state index >= 15 is 0 Å². The molecule has 1 amide bonds. The molecule has 2 N–H and O–H groups in total. The van der Waals surface area contributed by atoms with E-state index in [-0.39, 0.29) is 5.70 Å².